The van der Waals surface area contributed by atoms with Crippen molar-refractivity contribution in [3.8, 4) is 0 Å². The molecule has 152 valence electrons. The molecule has 29 heavy (non-hydrogen) atoms. The van der Waals surface area contributed by atoms with Gasteiger partial charge in [0.05, 0.1) is 6.04 Å². The third-order valence-corrected chi connectivity index (χ3v) is 6.51. The van der Waals surface area contributed by atoms with Gasteiger partial charge in [0, 0.05) is 11.1 Å². The molecule has 7 heteroatoms. The lowest BCUT2D eigenvalue weighted by atomic mass is 9.99. The van der Waals surface area contributed by atoms with Crippen molar-refractivity contribution in [3.05, 3.63) is 51.6 Å². The lowest BCUT2D eigenvalue weighted by molar-refractivity contribution is 0.174. The summed E-state index contributed by atoms with van der Waals surface area (Å²) in [6.07, 6.45) is 8.18. The number of likely N-dealkylation sites (tertiary alicyclic amines) is 1. The third-order valence-electron chi connectivity index (χ3n) is 6.51. The minimum absolute atomic E-state index is 0.0436. The van der Waals surface area contributed by atoms with Crippen LogP contribution in [-0.4, -0.2) is 43.2 Å². The Bertz CT molecular complexity index is 1060. The first-order valence-electron chi connectivity index (χ1n) is 10.9. The number of nitrogens with one attached hydrogen (secondary N) is 1. The average Bonchev–Trinajstić information content (AvgIpc) is 3.41. The van der Waals surface area contributed by atoms with E-state index in [0.717, 1.165) is 61.1 Å². The number of piperidine rings is 1. The van der Waals surface area contributed by atoms with E-state index in [9.17, 15) is 4.79 Å². The largest absolute Gasteiger partial charge is 0.322 e. The van der Waals surface area contributed by atoms with Crippen molar-refractivity contribution in [1.29, 1.82) is 0 Å². The molecule has 1 atom stereocenters. The van der Waals surface area contributed by atoms with E-state index < -0.39 is 0 Å². The highest BCUT2D eigenvalue weighted by molar-refractivity contribution is 5.79. The van der Waals surface area contributed by atoms with Crippen LogP contribution in [0.3, 0.4) is 0 Å². The summed E-state index contributed by atoms with van der Waals surface area (Å²) in [7, 11) is 0. The van der Waals surface area contributed by atoms with Crippen molar-refractivity contribution in [3.63, 3.8) is 0 Å². The van der Waals surface area contributed by atoms with Gasteiger partial charge in [-0.1, -0.05) is 30.9 Å². The van der Waals surface area contributed by atoms with E-state index in [2.05, 4.69) is 38.4 Å². The summed E-state index contributed by atoms with van der Waals surface area (Å²) in [5.41, 5.74) is 2.76. The Morgan fingerprint density at radius 2 is 1.86 bits per heavy atom. The lowest BCUT2D eigenvalue weighted by Gasteiger charge is -2.34. The molecule has 0 spiro atoms. The predicted molar refractivity (Wildman–Crippen MR) is 112 cm³/mol. The van der Waals surface area contributed by atoms with Crippen LogP contribution in [0.1, 0.15) is 74.0 Å². The Balaban J connectivity index is 1.65. The highest BCUT2D eigenvalue weighted by atomic mass is 16.1. The molecule has 0 amide bonds. The number of aryl methyl sites for hydroxylation is 1. The molecular weight excluding hydrogens is 364 g/mol. The second-order valence-corrected chi connectivity index (χ2v) is 8.56. The fourth-order valence-electron chi connectivity index (χ4n) is 5.01. The molecule has 2 aromatic heterocycles. The summed E-state index contributed by atoms with van der Waals surface area (Å²) < 4.78 is 2.01. The molecule has 1 aliphatic carbocycles. The fraction of sp³-hybridized carbons (Fsp3) is 0.545. The monoisotopic (exact) mass is 392 g/mol. The third kappa shape index (κ3) is 3.48. The van der Waals surface area contributed by atoms with Crippen LogP contribution in [0.4, 0.5) is 0 Å². The zero-order chi connectivity index (χ0) is 19.8. The van der Waals surface area contributed by atoms with Gasteiger partial charge in [-0.2, -0.15) is 0 Å². The molecule has 2 aliphatic rings. The molecule has 3 aromatic rings. The van der Waals surface area contributed by atoms with Crippen LogP contribution in [0.5, 0.6) is 0 Å². The Kier molecular flexibility index (Phi) is 4.91. The standard InChI is InChI=1S/C22H28N6O/c1-15-9-10-19-16(13-15)14-18(22(29)23-19)20(27-11-5-2-6-12-27)21-24-25-26-28(21)17-7-3-4-8-17/h9-10,13-14,17,20H,2-8,11-12H2,1H3,(H,23,29). The number of nitrogens with zero attached hydrogens (tertiary/aromatic N) is 5. The molecular formula is C22H28N6O. The normalized spacial score (nSPS) is 19.8. The molecule has 3 heterocycles. The summed E-state index contributed by atoms with van der Waals surface area (Å²) in [5, 5.41) is 13.9. The van der Waals surface area contributed by atoms with E-state index in [-0.39, 0.29) is 11.6 Å². The van der Waals surface area contributed by atoms with Crippen LogP contribution in [0.15, 0.2) is 29.1 Å². The second kappa shape index (κ2) is 7.71. The molecule has 1 aromatic carbocycles. The van der Waals surface area contributed by atoms with Crippen molar-refractivity contribution in [2.75, 3.05) is 13.1 Å². The predicted octanol–water partition coefficient (Wildman–Crippen LogP) is 3.51. The van der Waals surface area contributed by atoms with E-state index >= 15 is 0 Å². The molecule has 7 nitrogen and oxygen atoms in total. The zero-order valence-corrected chi connectivity index (χ0v) is 17.0. The number of aromatic amines is 1. The SMILES string of the molecule is Cc1ccc2[nH]c(=O)c(C(c3nnnn3C3CCCC3)N3CCCCC3)cc2c1. The van der Waals surface area contributed by atoms with E-state index in [1.54, 1.807) is 0 Å². The van der Waals surface area contributed by atoms with Crippen molar-refractivity contribution in [2.45, 2.75) is 64.0 Å². The van der Waals surface area contributed by atoms with Crippen molar-refractivity contribution < 1.29 is 0 Å². The van der Waals surface area contributed by atoms with Gasteiger partial charge in [-0.25, -0.2) is 4.68 Å². The van der Waals surface area contributed by atoms with Gasteiger partial charge in [0.1, 0.15) is 6.04 Å². The number of benzene rings is 1. The number of H-pyrrole nitrogens is 1. The van der Waals surface area contributed by atoms with Crippen LogP contribution in [-0.2, 0) is 0 Å². The molecule has 1 saturated heterocycles. The number of hydrogen-bond donors (Lipinski definition) is 1. The van der Waals surface area contributed by atoms with E-state index in [4.69, 9.17) is 0 Å². The van der Waals surface area contributed by atoms with Gasteiger partial charge in [0.25, 0.3) is 5.56 Å². The number of tetrazole rings is 1. The summed E-state index contributed by atoms with van der Waals surface area (Å²) in [5.74, 6) is 0.816. The topological polar surface area (TPSA) is 79.7 Å². The molecule has 1 aliphatic heterocycles. The summed E-state index contributed by atoms with van der Waals surface area (Å²) in [6.45, 7) is 4.01. The van der Waals surface area contributed by atoms with Crippen LogP contribution in [0.25, 0.3) is 10.9 Å². The van der Waals surface area contributed by atoms with Crippen molar-refractivity contribution in [2.24, 2.45) is 0 Å². The van der Waals surface area contributed by atoms with E-state index in [1.807, 2.05) is 22.9 Å². The maximum atomic E-state index is 13.2. The highest BCUT2D eigenvalue weighted by Gasteiger charge is 2.33. The van der Waals surface area contributed by atoms with Gasteiger partial charge in [-0.05, 0) is 79.7 Å². The first-order chi connectivity index (χ1) is 14.2. The van der Waals surface area contributed by atoms with Crippen LogP contribution < -0.4 is 5.56 Å². The number of rotatable bonds is 4. The maximum absolute atomic E-state index is 13.2. The van der Waals surface area contributed by atoms with E-state index in [0.29, 0.717) is 6.04 Å². The molecule has 1 saturated carbocycles. The Morgan fingerprint density at radius 1 is 1.07 bits per heavy atom. The van der Waals surface area contributed by atoms with Crippen LogP contribution >= 0.6 is 0 Å². The molecule has 0 radical (unpaired) electrons. The molecule has 5 rings (SSSR count). The smallest absolute Gasteiger partial charge is 0.253 e. The minimum atomic E-state index is -0.209. The van der Waals surface area contributed by atoms with Gasteiger partial charge in [-0.15, -0.1) is 5.10 Å². The zero-order valence-electron chi connectivity index (χ0n) is 17.0. The van der Waals surface area contributed by atoms with Gasteiger partial charge in [0.2, 0.25) is 0 Å². The Hall–Kier alpha value is -2.54. The molecule has 1 unspecified atom stereocenters. The Labute approximate surface area is 170 Å². The lowest BCUT2D eigenvalue weighted by Crippen LogP contribution is -2.38. The van der Waals surface area contributed by atoms with Crippen molar-refractivity contribution >= 4 is 10.9 Å². The van der Waals surface area contributed by atoms with E-state index in [1.165, 1.54) is 24.8 Å². The van der Waals surface area contributed by atoms with Gasteiger partial charge >= 0.3 is 0 Å². The minimum Gasteiger partial charge on any atom is -0.322 e. The number of aromatic nitrogens is 5. The van der Waals surface area contributed by atoms with Crippen LogP contribution in [0.2, 0.25) is 0 Å². The first kappa shape index (κ1) is 18.5. The quantitative estimate of drug-likeness (QED) is 0.735. The van der Waals surface area contributed by atoms with Crippen molar-refractivity contribution in [1.82, 2.24) is 30.1 Å². The van der Waals surface area contributed by atoms with Gasteiger partial charge in [-0.3, -0.25) is 9.69 Å². The highest BCUT2D eigenvalue weighted by Crippen LogP contribution is 2.34. The number of hydrogen-bond acceptors (Lipinski definition) is 5. The molecule has 1 N–H and O–H groups in total. The van der Waals surface area contributed by atoms with Gasteiger partial charge in [0.15, 0.2) is 5.82 Å². The fourth-order valence-corrected chi connectivity index (χ4v) is 5.01. The maximum Gasteiger partial charge on any atom is 0.253 e. The second-order valence-electron chi connectivity index (χ2n) is 8.56. The number of pyridine rings is 1. The summed E-state index contributed by atoms with van der Waals surface area (Å²) in [4.78, 5) is 18.7. The Morgan fingerprint density at radius 3 is 2.66 bits per heavy atom. The number of fused-ring (bicyclic) bond motifs is 1. The molecule has 2 fully saturated rings. The van der Waals surface area contributed by atoms with Crippen LogP contribution in [0, 0.1) is 6.92 Å². The summed E-state index contributed by atoms with van der Waals surface area (Å²) in [6, 6.07) is 8.32. The summed E-state index contributed by atoms with van der Waals surface area (Å²) >= 11 is 0. The van der Waals surface area contributed by atoms with Gasteiger partial charge < -0.3 is 4.98 Å². The average molecular weight is 393 g/mol. The first-order valence-corrected chi connectivity index (χ1v) is 10.9. The molecule has 0 bridgehead atoms.